The number of likely N-dealkylation sites (N-methyl/N-ethyl adjacent to an activating group) is 1. The van der Waals surface area contributed by atoms with Crippen LogP contribution in [-0.4, -0.2) is 48.2 Å². The molecule has 98 valence electrons. The molecule has 0 saturated heterocycles. The second-order valence-corrected chi connectivity index (χ2v) is 4.82. The Morgan fingerprint density at radius 3 is 2.65 bits per heavy atom. The fourth-order valence-electron chi connectivity index (χ4n) is 2.28. The topological polar surface area (TPSA) is 66.8 Å². The van der Waals surface area contributed by atoms with Gasteiger partial charge in [-0.3, -0.25) is 4.79 Å². The predicted molar refractivity (Wildman–Crippen MR) is 62.6 cm³/mol. The number of carbonyl (C=O) groups is 2. The molecule has 1 aliphatic carbocycles. The van der Waals surface area contributed by atoms with Gasteiger partial charge in [0.2, 0.25) is 5.91 Å². The van der Waals surface area contributed by atoms with Crippen LogP contribution >= 0.6 is 0 Å². The molecule has 1 saturated carbocycles. The van der Waals surface area contributed by atoms with Crippen LogP contribution in [0.1, 0.15) is 32.6 Å². The highest BCUT2D eigenvalue weighted by Crippen LogP contribution is 2.26. The Morgan fingerprint density at radius 2 is 2.06 bits per heavy atom. The molecule has 0 heterocycles. The number of carboxylic acids is 1. The van der Waals surface area contributed by atoms with Gasteiger partial charge in [-0.1, -0.05) is 19.8 Å². The van der Waals surface area contributed by atoms with E-state index in [-0.39, 0.29) is 18.6 Å². The van der Waals surface area contributed by atoms with Crippen LogP contribution in [-0.2, 0) is 14.3 Å². The number of carbonyl (C=O) groups excluding carboxylic acids is 1. The third-order valence-electron chi connectivity index (χ3n) is 3.30. The number of nitrogens with zero attached hydrogens (tertiary/aromatic N) is 1. The minimum atomic E-state index is -1.05. The SMILES string of the molecule is CC1CCCC(N(C)C(=O)COCC(=O)O)C1. The van der Waals surface area contributed by atoms with Crippen LogP contribution in [0.2, 0.25) is 0 Å². The van der Waals surface area contributed by atoms with Crippen molar-refractivity contribution in [1.29, 1.82) is 0 Å². The highest BCUT2D eigenvalue weighted by molar-refractivity contribution is 5.78. The van der Waals surface area contributed by atoms with E-state index >= 15 is 0 Å². The third kappa shape index (κ3) is 4.73. The van der Waals surface area contributed by atoms with Crippen molar-refractivity contribution >= 4 is 11.9 Å². The zero-order chi connectivity index (χ0) is 12.8. The molecule has 1 amide bonds. The molecular weight excluding hydrogens is 222 g/mol. The fraction of sp³-hybridized carbons (Fsp3) is 0.833. The van der Waals surface area contributed by atoms with Crippen molar-refractivity contribution in [3.63, 3.8) is 0 Å². The molecule has 1 rings (SSSR count). The molecule has 2 unspecified atom stereocenters. The van der Waals surface area contributed by atoms with Crippen molar-refractivity contribution in [2.24, 2.45) is 5.92 Å². The Morgan fingerprint density at radius 1 is 1.35 bits per heavy atom. The van der Waals surface area contributed by atoms with Gasteiger partial charge in [-0.25, -0.2) is 4.79 Å². The fourth-order valence-corrected chi connectivity index (χ4v) is 2.28. The molecule has 0 aliphatic heterocycles. The lowest BCUT2D eigenvalue weighted by molar-refractivity contribution is -0.146. The Bertz CT molecular complexity index is 280. The van der Waals surface area contributed by atoms with Gasteiger partial charge in [0.15, 0.2) is 0 Å². The summed E-state index contributed by atoms with van der Waals surface area (Å²) in [5.41, 5.74) is 0. The normalized spacial score (nSPS) is 24.4. The van der Waals surface area contributed by atoms with Crippen molar-refractivity contribution in [2.45, 2.75) is 38.6 Å². The minimum Gasteiger partial charge on any atom is -0.480 e. The number of hydrogen-bond acceptors (Lipinski definition) is 3. The summed E-state index contributed by atoms with van der Waals surface area (Å²) in [7, 11) is 1.77. The zero-order valence-electron chi connectivity index (χ0n) is 10.5. The Balaban J connectivity index is 2.32. The number of hydrogen-bond donors (Lipinski definition) is 1. The molecule has 0 aromatic carbocycles. The molecule has 0 bridgehead atoms. The summed E-state index contributed by atoms with van der Waals surface area (Å²) in [6.07, 6.45) is 4.44. The maximum atomic E-state index is 11.7. The van der Waals surface area contributed by atoms with Crippen LogP contribution in [0.5, 0.6) is 0 Å². The molecule has 1 fully saturated rings. The standard InChI is InChI=1S/C12H21NO4/c1-9-4-3-5-10(6-9)13(2)11(14)7-17-8-12(15)16/h9-10H,3-8H2,1-2H3,(H,15,16). The van der Waals surface area contributed by atoms with E-state index in [0.717, 1.165) is 19.3 Å². The van der Waals surface area contributed by atoms with Crippen LogP contribution in [0.15, 0.2) is 0 Å². The van der Waals surface area contributed by atoms with E-state index in [1.165, 1.54) is 6.42 Å². The van der Waals surface area contributed by atoms with Gasteiger partial charge in [0.1, 0.15) is 13.2 Å². The first-order valence-corrected chi connectivity index (χ1v) is 6.06. The summed E-state index contributed by atoms with van der Waals surface area (Å²) >= 11 is 0. The van der Waals surface area contributed by atoms with Gasteiger partial charge in [0, 0.05) is 13.1 Å². The molecule has 0 spiro atoms. The monoisotopic (exact) mass is 243 g/mol. The number of ether oxygens (including phenoxy) is 1. The first-order valence-electron chi connectivity index (χ1n) is 6.06. The maximum absolute atomic E-state index is 11.7. The second kappa shape index (κ2) is 6.59. The largest absolute Gasteiger partial charge is 0.480 e. The highest BCUT2D eigenvalue weighted by Gasteiger charge is 2.25. The van der Waals surface area contributed by atoms with Gasteiger partial charge in [0.25, 0.3) is 0 Å². The van der Waals surface area contributed by atoms with Crippen molar-refractivity contribution in [3.05, 3.63) is 0 Å². The molecule has 1 N–H and O–H groups in total. The summed E-state index contributed by atoms with van der Waals surface area (Å²) in [6.45, 7) is 1.64. The lowest BCUT2D eigenvalue weighted by Crippen LogP contribution is -2.41. The van der Waals surface area contributed by atoms with Crippen LogP contribution in [0, 0.1) is 5.92 Å². The summed E-state index contributed by atoms with van der Waals surface area (Å²) in [6, 6.07) is 0.277. The summed E-state index contributed by atoms with van der Waals surface area (Å²) in [5.74, 6) is -0.527. The Kier molecular flexibility index (Phi) is 5.41. The molecule has 17 heavy (non-hydrogen) atoms. The van der Waals surface area contributed by atoms with Crippen molar-refractivity contribution in [1.82, 2.24) is 4.90 Å². The molecule has 5 heteroatoms. The number of carboxylic acid groups (broad SMARTS) is 1. The van der Waals surface area contributed by atoms with E-state index in [9.17, 15) is 9.59 Å². The number of amides is 1. The van der Waals surface area contributed by atoms with Crippen LogP contribution in [0.4, 0.5) is 0 Å². The average molecular weight is 243 g/mol. The van der Waals surface area contributed by atoms with Gasteiger partial charge < -0.3 is 14.7 Å². The average Bonchev–Trinajstić information content (AvgIpc) is 2.27. The molecule has 1 aliphatic rings. The van der Waals surface area contributed by atoms with Gasteiger partial charge >= 0.3 is 5.97 Å². The van der Waals surface area contributed by atoms with Crippen LogP contribution in [0.3, 0.4) is 0 Å². The third-order valence-corrected chi connectivity index (χ3v) is 3.30. The van der Waals surface area contributed by atoms with E-state index in [1.807, 2.05) is 0 Å². The van der Waals surface area contributed by atoms with Gasteiger partial charge in [-0.05, 0) is 18.8 Å². The number of rotatable bonds is 5. The summed E-state index contributed by atoms with van der Waals surface area (Å²) in [4.78, 5) is 23.7. The molecule has 5 nitrogen and oxygen atoms in total. The van der Waals surface area contributed by atoms with E-state index in [2.05, 4.69) is 6.92 Å². The van der Waals surface area contributed by atoms with Crippen molar-refractivity contribution in [3.8, 4) is 0 Å². The molecular formula is C12H21NO4. The second-order valence-electron chi connectivity index (χ2n) is 4.82. The minimum absolute atomic E-state index is 0.134. The van der Waals surface area contributed by atoms with Crippen molar-refractivity contribution in [2.75, 3.05) is 20.3 Å². The zero-order valence-corrected chi connectivity index (χ0v) is 10.5. The lowest BCUT2D eigenvalue weighted by Gasteiger charge is -2.34. The van der Waals surface area contributed by atoms with E-state index in [1.54, 1.807) is 11.9 Å². The molecule has 2 atom stereocenters. The maximum Gasteiger partial charge on any atom is 0.329 e. The highest BCUT2D eigenvalue weighted by atomic mass is 16.5. The van der Waals surface area contributed by atoms with E-state index in [0.29, 0.717) is 5.92 Å². The summed E-state index contributed by atoms with van der Waals surface area (Å²) < 4.78 is 4.80. The van der Waals surface area contributed by atoms with Gasteiger partial charge in [-0.2, -0.15) is 0 Å². The van der Waals surface area contributed by atoms with Crippen molar-refractivity contribution < 1.29 is 19.4 Å². The first kappa shape index (κ1) is 14.0. The number of aliphatic carboxylic acids is 1. The molecule has 0 aromatic heterocycles. The smallest absolute Gasteiger partial charge is 0.329 e. The quantitative estimate of drug-likeness (QED) is 0.786. The Labute approximate surface area is 102 Å². The van der Waals surface area contributed by atoms with E-state index in [4.69, 9.17) is 9.84 Å². The summed E-state index contributed by atoms with van der Waals surface area (Å²) in [5, 5.41) is 8.40. The molecule has 0 radical (unpaired) electrons. The lowest BCUT2D eigenvalue weighted by atomic mass is 9.86. The predicted octanol–water partition coefficient (Wildman–Crippen LogP) is 1.12. The molecule has 0 aromatic rings. The first-order chi connectivity index (χ1) is 8.00. The Hall–Kier alpha value is -1.10. The van der Waals surface area contributed by atoms with E-state index < -0.39 is 12.6 Å². The van der Waals surface area contributed by atoms with Crippen LogP contribution < -0.4 is 0 Å². The van der Waals surface area contributed by atoms with Crippen LogP contribution in [0.25, 0.3) is 0 Å². The van der Waals surface area contributed by atoms with Gasteiger partial charge in [-0.15, -0.1) is 0 Å². The van der Waals surface area contributed by atoms with Gasteiger partial charge in [0.05, 0.1) is 0 Å².